The molecule has 2 rings (SSSR count). The molecule has 0 aliphatic rings. The molecule has 2 aromatic rings. The molecule has 0 unspecified atom stereocenters. The van der Waals surface area contributed by atoms with Gasteiger partial charge in [0.1, 0.15) is 5.75 Å². The molecule has 2 amide bonds. The van der Waals surface area contributed by atoms with Crippen LogP contribution in [0.3, 0.4) is 0 Å². The molecule has 0 fully saturated rings. The number of phenols is 1. The fourth-order valence-corrected chi connectivity index (χ4v) is 1.91. The second-order valence-corrected chi connectivity index (χ2v) is 5.12. The summed E-state index contributed by atoms with van der Waals surface area (Å²) in [7, 11) is 3.88. The van der Waals surface area contributed by atoms with E-state index in [9.17, 15) is 9.90 Å². The minimum Gasteiger partial charge on any atom is -0.506 e. The van der Waals surface area contributed by atoms with Crippen LogP contribution in [0.2, 0.25) is 5.02 Å². The fraction of sp³-hybridized carbons (Fsp3) is 0.133. The van der Waals surface area contributed by atoms with E-state index in [2.05, 4.69) is 10.6 Å². The van der Waals surface area contributed by atoms with Gasteiger partial charge in [0.25, 0.3) is 0 Å². The Morgan fingerprint density at radius 3 is 2.38 bits per heavy atom. The van der Waals surface area contributed by atoms with Crippen molar-refractivity contribution >= 4 is 34.7 Å². The van der Waals surface area contributed by atoms with Crippen LogP contribution in [-0.4, -0.2) is 25.2 Å². The lowest BCUT2D eigenvalue weighted by Crippen LogP contribution is -2.19. The molecule has 5 nitrogen and oxygen atoms in total. The maximum Gasteiger partial charge on any atom is 0.323 e. The summed E-state index contributed by atoms with van der Waals surface area (Å²) in [5, 5.41) is 15.3. The number of halogens is 1. The molecule has 6 heteroatoms. The Bertz CT molecular complexity index is 642. The van der Waals surface area contributed by atoms with Crippen LogP contribution in [0.4, 0.5) is 21.9 Å². The first-order valence-electron chi connectivity index (χ1n) is 6.29. The summed E-state index contributed by atoms with van der Waals surface area (Å²) in [6.07, 6.45) is 0. The van der Waals surface area contributed by atoms with Gasteiger partial charge in [-0.05, 0) is 42.5 Å². The van der Waals surface area contributed by atoms with E-state index in [1.807, 2.05) is 31.1 Å². The standard InChI is InChI=1S/C15H16ClN3O2/c1-19(2)12-6-4-11(5-7-12)17-15(21)18-13-9-10(16)3-8-14(13)20/h3-9,20H,1-2H3,(H2,17,18,21). The van der Waals surface area contributed by atoms with Gasteiger partial charge in [0, 0.05) is 30.5 Å². The van der Waals surface area contributed by atoms with Gasteiger partial charge in [0.2, 0.25) is 0 Å². The Morgan fingerprint density at radius 2 is 1.76 bits per heavy atom. The van der Waals surface area contributed by atoms with Gasteiger partial charge in [0.15, 0.2) is 0 Å². The van der Waals surface area contributed by atoms with E-state index >= 15 is 0 Å². The highest BCUT2D eigenvalue weighted by Gasteiger charge is 2.07. The van der Waals surface area contributed by atoms with E-state index in [1.165, 1.54) is 12.1 Å². The summed E-state index contributed by atoms with van der Waals surface area (Å²) >= 11 is 5.82. The third-order valence-electron chi connectivity index (χ3n) is 2.85. The number of urea groups is 1. The van der Waals surface area contributed by atoms with Gasteiger partial charge in [-0.25, -0.2) is 4.79 Å². The van der Waals surface area contributed by atoms with Crippen molar-refractivity contribution in [3.8, 4) is 5.75 Å². The number of carbonyl (C=O) groups is 1. The van der Waals surface area contributed by atoms with Crippen LogP contribution in [0, 0.1) is 0 Å². The summed E-state index contributed by atoms with van der Waals surface area (Å²) in [5.41, 5.74) is 1.94. The van der Waals surface area contributed by atoms with Crippen molar-refractivity contribution in [2.45, 2.75) is 0 Å². The second kappa shape index (κ2) is 6.37. The van der Waals surface area contributed by atoms with Crippen molar-refractivity contribution < 1.29 is 9.90 Å². The summed E-state index contributed by atoms with van der Waals surface area (Å²) in [6.45, 7) is 0. The molecule has 0 atom stereocenters. The van der Waals surface area contributed by atoms with Crippen molar-refractivity contribution in [3.63, 3.8) is 0 Å². The lowest BCUT2D eigenvalue weighted by molar-refractivity contribution is 0.262. The van der Waals surface area contributed by atoms with Crippen LogP contribution in [0.15, 0.2) is 42.5 Å². The Hall–Kier alpha value is -2.40. The molecule has 0 saturated carbocycles. The van der Waals surface area contributed by atoms with Crippen LogP contribution >= 0.6 is 11.6 Å². The predicted molar refractivity (Wildman–Crippen MR) is 86.5 cm³/mol. The minimum absolute atomic E-state index is 0.0440. The molecule has 0 bridgehead atoms. The monoisotopic (exact) mass is 305 g/mol. The van der Waals surface area contributed by atoms with Gasteiger partial charge >= 0.3 is 6.03 Å². The topological polar surface area (TPSA) is 64.6 Å². The number of anilines is 3. The smallest absolute Gasteiger partial charge is 0.323 e. The summed E-state index contributed by atoms with van der Waals surface area (Å²) in [5.74, 6) is -0.0440. The maximum atomic E-state index is 11.9. The van der Waals surface area contributed by atoms with Gasteiger partial charge in [0.05, 0.1) is 5.69 Å². The van der Waals surface area contributed by atoms with E-state index in [0.717, 1.165) is 5.69 Å². The second-order valence-electron chi connectivity index (χ2n) is 4.68. The lowest BCUT2D eigenvalue weighted by Gasteiger charge is -2.13. The van der Waals surface area contributed by atoms with Crippen molar-refractivity contribution in [1.82, 2.24) is 0 Å². The predicted octanol–water partition coefficient (Wildman–Crippen LogP) is 3.76. The maximum absolute atomic E-state index is 11.9. The highest BCUT2D eigenvalue weighted by Crippen LogP contribution is 2.26. The van der Waals surface area contributed by atoms with Crippen molar-refractivity contribution in [2.75, 3.05) is 29.6 Å². The zero-order valence-electron chi connectivity index (χ0n) is 11.7. The number of hydrogen-bond donors (Lipinski definition) is 3. The summed E-state index contributed by atoms with van der Waals surface area (Å²) in [6, 6.07) is 11.4. The minimum atomic E-state index is -0.454. The van der Waals surface area contributed by atoms with Crippen LogP contribution in [0.1, 0.15) is 0 Å². The SMILES string of the molecule is CN(C)c1ccc(NC(=O)Nc2cc(Cl)ccc2O)cc1. The molecule has 0 aliphatic carbocycles. The van der Waals surface area contributed by atoms with Crippen molar-refractivity contribution in [3.05, 3.63) is 47.5 Å². The first-order valence-corrected chi connectivity index (χ1v) is 6.67. The molecule has 0 heterocycles. The van der Waals surface area contributed by atoms with Crippen LogP contribution in [0.5, 0.6) is 5.75 Å². The van der Waals surface area contributed by atoms with Gasteiger partial charge in [-0.2, -0.15) is 0 Å². The van der Waals surface area contributed by atoms with Crippen LogP contribution < -0.4 is 15.5 Å². The van der Waals surface area contributed by atoms with E-state index in [1.54, 1.807) is 18.2 Å². The Balaban J connectivity index is 2.03. The number of rotatable bonds is 3. The molecule has 2 aromatic carbocycles. The van der Waals surface area contributed by atoms with Gasteiger partial charge in [-0.15, -0.1) is 0 Å². The molecule has 3 N–H and O–H groups in total. The van der Waals surface area contributed by atoms with Gasteiger partial charge in [-0.3, -0.25) is 0 Å². The zero-order valence-corrected chi connectivity index (χ0v) is 12.5. The molecule has 0 aromatic heterocycles. The molecule has 0 spiro atoms. The molecular weight excluding hydrogens is 290 g/mol. The molecule has 110 valence electrons. The lowest BCUT2D eigenvalue weighted by atomic mass is 10.2. The number of phenolic OH excluding ortho intramolecular Hbond substituents is 1. The molecule has 0 radical (unpaired) electrons. The number of nitrogens with one attached hydrogen (secondary N) is 2. The number of hydrogen-bond acceptors (Lipinski definition) is 3. The van der Waals surface area contributed by atoms with Crippen LogP contribution in [0.25, 0.3) is 0 Å². The number of amides is 2. The van der Waals surface area contributed by atoms with E-state index in [-0.39, 0.29) is 11.4 Å². The number of aromatic hydroxyl groups is 1. The Labute approximate surface area is 128 Å². The molecule has 0 saturated heterocycles. The quantitative estimate of drug-likeness (QED) is 0.757. The normalized spacial score (nSPS) is 10.0. The average Bonchev–Trinajstić information content (AvgIpc) is 2.43. The van der Waals surface area contributed by atoms with E-state index in [0.29, 0.717) is 10.7 Å². The highest BCUT2D eigenvalue weighted by atomic mass is 35.5. The molecule has 21 heavy (non-hydrogen) atoms. The summed E-state index contributed by atoms with van der Waals surface area (Å²) < 4.78 is 0. The average molecular weight is 306 g/mol. The van der Waals surface area contributed by atoms with Gasteiger partial charge in [-0.1, -0.05) is 11.6 Å². The number of nitrogens with zero attached hydrogens (tertiary/aromatic N) is 1. The third-order valence-corrected chi connectivity index (χ3v) is 3.08. The first kappa shape index (κ1) is 15.0. The van der Waals surface area contributed by atoms with E-state index in [4.69, 9.17) is 11.6 Å². The largest absolute Gasteiger partial charge is 0.506 e. The number of carbonyl (C=O) groups excluding carboxylic acids is 1. The Morgan fingerprint density at radius 1 is 1.10 bits per heavy atom. The van der Waals surface area contributed by atoms with Crippen molar-refractivity contribution in [1.29, 1.82) is 0 Å². The summed E-state index contributed by atoms with van der Waals surface area (Å²) in [4.78, 5) is 13.8. The zero-order chi connectivity index (χ0) is 15.4. The highest BCUT2D eigenvalue weighted by molar-refractivity contribution is 6.31. The number of benzene rings is 2. The van der Waals surface area contributed by atoms with Gasteiger partial charge < -0.3 is 20.6 Å². The molecular formula is C15H16ClN3O2. The molecule has 0 aliphatic heterocycles. The van der Waals surface area contributed by atoms with E-state index < -0.39 is 6.03 Å². The fourth-order valence-electron chi connectivity index (χ4n) is 1.74. The first-order chi connectivity index (χ1) is 9.95. The third kappa shape index (κ3) is 4.03. The Kier molecular flexibility index (Phi) is 4.55. The van der Waals surface area contributed by atoms with Crippen LogP contribution in [-0.2, 0) is 0 Å². The van der Waals surface area contributed by atoms with Crippen molar-refractivity contribution in [2.24, 2.45) is 0 Å².